The predicted octanol–water partition coefficient (Wildman–Crippen LogP) is 4.19. The number of nitrogen functional groups attached to an aromatic ring is 1. The van der Waals surface area contributed by atoms with E-state index in [0.717, 1.165) is 22.4 Å². The summed E-state index contributed by atoms with van der Waals surface area (Å²) in [5, 5.41) is 12.7. The lowest BCUT2D eigenvalue weighted by Crippen LogP contribution is -2.06. The number of hydrogen-bond acceptors (Lipinski definition) is 6. The molecule has 3 rings (SSSR count). The van der Waals surface area contributed by atoms with E-state index in [1.807, 2.05) is 44.2 Å². The number of nitrogens with two attached hydrogens (primary N) is 1. The summed E-state index contributed by atoms with van der Waals surface area (Å²) in [5.41, 5.74) is 11.4. The van der Waals surface area contributed by atoms with Gasteiger partial charge >= 0.3 is 0 Å². The number of allylic oxidation sites excluding steroid dienone is 1. The number of rotatable bonds is 4. The number of nitriles is 1. The van der Waals surface area contributed by atoms with Gasteiger partial charge in [0.25, 0.3) is 0 Å². The fourth-order valence-electron chi connectivity index (χ4n) is 2.66. The Morgan fingerprint density at radius 3 is 2.41 bits per heavy atom. The third-order valence-electron chi connectivity index (χ3n) is 4.23. The maximum Gasteiger partial charge on any atom is 0.232 e. The quantitative estimate of drug-likeness (QED) is 0.680. The van der Waals surface area contributed by atoms with Crippen LogP contribution in [0.1, 0.15) is 28.1 Å². The summed E-state index contributed by atoms with van der Waals surface area (Å²) in [6.45, 7) is 6.12. The van der Waals surface area contributed by atoms with Crippen LogP contribution in [0.4, 0.5) is 17.6 Å². The minimum Gasteiger partial charge on any atom is -0.368 e. The maximum absolute atomic E-state index is 9.65. The largest absolute Gasteiger partial charge is 0.368 e. The Balaban J connectivity index is 2.01. The smallest absolute Gasteiger partial charge is 0.232 e. The van der Waals surface area contributed by atoms with E-state index in [-0.39, 0.29) is 11.8 Å². The van der Waals surface area contributed by atoms with Gasteiger partial charge in [0.05, 0.1) is 5.57 Å². The van der Waals surface area contributed by atoms with Crippen molar-refractivity contribution in [3.8, 4) is 6.07 Å². The van der Waals surface area contributed by atoms with E-state index in [1.54, 1.807) is 6.08 Å². The lowest BCUT2D eigenvalue weighted by Gasteiger charge is -2.08. The third kappa shape index (κ3) is 4.28. The number of aryl methyl sites for hydroxylation is 3. The molecule has 6 heteroatoms. The Labute approximate surface area is 158 Å². The average Bonchev–Trinajstić information content (AvgIpc) is 2.64. The number of nitrogens with one attached hydrogen (secondary N) is 1. The molecule has 3 N–H and O–H groups in total. The van der Waals surface area contributed by atoms with Gasteiger partial charge in [-0.1, -0.05) is 30.3 Å². The van der Waals surface area contributed by atoms with Crippen LogP contribution in [0, 0.1) is 32.1 Å². The molecule has 0 saturated carbocycles. The highest BCUT2D eigenvalue weighted by atomic mass is 15.2. The van der Waals surface area contributed by atoms with Gasteiger partial charge in [0.15, 0.2) is 5.82 Å². The molecule has 0 bridgehead atoms. The molecule has 27 heavy (non-hydrogen) atoms. The van der Waals surface area contributed by atoms with E-state index in [2.05, 4.69) is 45.4 Å². The average molecular weight is 356 g/mol. The number of nitrogens with zero attached hydrogens (tertiary/aromatic N) is 4. The lowest BCUT2D eigenvalue weighted by molar-refractivity contribution is 1.04. The first-order valence-corrected chi connectivity index (χ1v) is 8.50. The fourth-order valence-corrected chi connectivity index (χ4v) is 2.66. The van der Waals surface area contributed by atoms with Gasteiger partial charge in [0.1, 0.15) is 6.07 Å². The summed E-state index contributed by atoms with van der Waals surface area (Å²) < 4.78 is 0. The van der Waals surface area contributed by atoms with Gasteiger partial charge in [0.2, 0.25) is 11.9 Å². The minimum atomic E-state index is 0.0522. The van der Waals surface area contributed by atoms with Crippen LogP contribution in [-0.2, 0) is 0 Å². The molecule has 0 fully saturated rings. The summed E-state index contributed by atoms with van der Waals surface area (Å²) in [5.74, 6) is 0.583. The standard InChI is InChI=1S/C21H20N6/c1-13-9-15(3)16(10-14(13)2)11-17(12-22)19-25-20(23)27-21(26-19)24-18-7-5-4-6-8-18/h4-11H,1-3H3,(H3,23,24,25,26,27)/b17-11-. The van der Waals surface area contributed by atoms with E-state index in [9.17, 15) is 5.26 Å². The van der Waals surface area contributed by atoms with Crippen molar-refractivity contribution in [3.63, 3.8) is 0 Å². The SMILES string of the molecule is Cc1cc(C)c(/C=C(/C#N)c2nc(N)nc(Nc3ccccc3)n2)cc1C. The lowest BCUT2D eigenvalue weighted by atomic mass is 9.99. The molecule has 0 unspecified atom stereocenters. The summed E-state index contributed by atoms with van der Waals surface area (Å²) in [6.07, 6.45) is 1.78. The van der Waals surface area contributed by atoms with E-state index < -0.39 is 0 Å². The number of aromatic nitrogens is 3. The maximum atomic E-state index is 9.65. The molecule has 0 spiro atoms. The monoisotopic (exact) mass is 356 g/mol. The van der Waals surface area contributed by atoms with Gasteiger partial charge in [-0.2, -0.15) is 20.2 Å². The van der Waals surface area contributed by atoms with Gasteiger partial charge in [-0.05, 0) is 61.2 Å². The molecular formula is C21H20N6. The van der Waals surface area contributed by atoms with Gasteiger partial charge in [-0.3, -0.25) is 0 Å². The molecule has 6 nitrogen and oxygen atoms in total. The van der Waals surface area contributed by atoms with Crippen molar-refractivity contribution in [1.29, 1.82) is 5.26 Å². The Morgan fingerprint density at radius 1 is 1.00 bits per heavy atom. The van der Waals surface area contributed by atoms with Crippen LogP contribution >= 0.6 is 0 Å². The van der Waals surface area contributed by atoms with Crippen molar-refractivity contribution >= 4 is 29.2 Å². The zero-order chi connectivity index (χ0) is 19.4. The highest BCUT2D eigenvalue weighted by molar-refractivity contribution is 5.88. The molecule has 0 aliphatic heterocycles. The first-order chi connectivity index (χ1) is 13.0. The molecule has 0 aliphatic carbocycles. The van der Waals surface area contributed by atoms with Crippen LogP contribution in [0.3, 0.4) is 0 Å². The molecule has 3 aromatic rings. The summed E-state index contributed by atoms with van der Waals surface area (Å²) in [6, 6.07) is 15.8. The molecule has 0 atom stereocenters. The van der Waals surface area contributed by atoms with Crippen LogP contribution in [0.2, 0.25) is 0 Å². The molecule has 0 amide bonds. The van der Waals surface area contributed by atoms with Gasteiger partial charge in [-0.15, -0.1) is 0 Å². The Hall–Kier alpha value is -3.72. The fraction of sp³-hybridized carbons (Fsp3) is 0.143. The second kappa shape index (κ2) is 7.67. The van der Waals surface area contributed by atoms with Crippen LogP contribution < -0.4 is 11.1 Å². The summed E-state index contributed by atoms with van der Waals surface area (Å²) in [4.78, 5) is 12.6. The summed E-state index contributed by atoms with van der Waals surface area (Å²) >= 11 is 0. The second-order valence-electron chi connectivity index (χ2n) is 6.29. The van der Waals surface area contributed by atoms with Crippen molar-refractivity contribution in [2.75, 3.05) is 11.1 Å². The third-order valence-corrected chi connectivity index (χ3v) is 4.23. The Kier molecular flexibility index (Phi) is 5.13. The number of benzene rings is 2. The van der Waals surface area contributed by atoms with E-state index >= 15 is 0 Å². The van der Waals surface area contributed by atoms with E-state index in [1.165, 1.54) is 5.56 Å². The minimum absolute atomic E-state index is 0.0522. The highest BCUT2D eigenvalue weighted by Gasteiger charge is 2.11. The van der Waals surface area contributed by atoms with Crippen LogP contribution in [0.25, 0.3) is 11.6 Å². The Bertz CT molecular complexity index is 1050. The molecule has 0 aliphatic rings. The number of para-hydroxylation sites is 1. The van der Waals surface area contributed by atoms with Crippen LogP contribution in [-0.4, -0.2) is 15.0 Å². The first-order valence-electron chi connectivity index (χ1n) is 8.50. The topological polar surface area (TPSA) is 101 Å². The molecule has 1 heterocycles. The molecule has 2 aromatic carbocycles. The van der Waals surface area contributed by atoms with Crippen molar-refractivity contribution in [2.24, 2.45) is 0 Å². The molecule has 134 valence electrons. The normalized spacial score (nSPS) is 11.1. The van der Waals surface area contributed by atoms with E-state index in [0.29, 0.717) is 11.5 Å². The van der Waals surface area contributed by atoms with Crippen molar-refractivity contribution in [3.05, 3.63) is 70.5 Å². The molecular weight excluding hydrogens is 336 g/mol. The Morgan fingerprint density at radius 2 is 1.70 bits per heavy atom. The zero-order valence-electron chi connectivity index (χ0n) is 15.5. The highest BCUT2D eigenvalue weighted by Crippen LogP contribution is 2.22. The van der Waals surface area contributed by atoms with E-state index in [4.69, 9.17) is 5.73 Å². The predicted molar refractivity (Wildman–Crippen MR) is 108 cm³/mol. The van der Waals surface area contributed by atoms with Crippen molar-refractivity contribution < 1.29 is 0 Å². The second-order valence-corrected chi connectivity index (χ2v) is 6.29. The zero-order valence-corrected chi connectivity index (χ0v) is 15.5. The molecule has 1 aromatic heterocycles. The summed E-state index contributed by atoms with van der Waals surface area (Å²) in [7, 11) is 0. The van der Waals surface area contributed by atoms with Crippen LogP contribution in [0.5, 0.6) is 0 Å². The first kappa shape index (κ1) is 18.1. The van der Waals surface area contributed by atoms with Crippen molar-refractivity contribution in [1.82, 2.24) is 15.0 Å². The van der Waals surface area contributed by atoms with Gasteiger partial charge in [-0.25, -0.2) is 0 Å². The molecule has 0 radical (unpaired) electrons. The molecule has 0 saturated heterocycles. The van der Waals surface area contributed by atoms with Crippen LogP contribution in [0.15, 0.2) is 42.5 Å². The van der Waals surface area contributed by atoms with Crippen molar-refractivity contribution in [2.45, 2.75) is 20.8 Å². The number of anilines is 3. The number of hydrogen-bond donors (Lipinski definition) is 2. The van der Waals surface area contributed by atoms with Gasteiger partial charge < -0.3 is 11.1 Å². The van der Waals surface area contributed by atoms with Gasteiger partial charge in [0, 0.05) is 5.69 Å².